The van der Waals surface area contributed by atoms with Gasteiger partial charge in [0, 0.05) is 12.1 Å². The number of carboxylic acids is 1. The first-order chi connectivity index (χ1) is 12.6. The lowest BCUT2D eigenvalue weighted by molar-refractivity contribution is -0.140. The van der Waals surface area contributed by atoms with Crippen molar-refractivity contribution in [1.82, 2.24) is 4.90 Å². The molecular weight excluding hydrogens is 334 g/mol. The molecule has 26 heavy (non-hydrogen) atoms. The molecule has 0 bridgehead atoms. The van der Waals surface area contributed by atoms with Crippen LogP contribution >= 0.6 is 0 Å². The number of hydrogen-bond donors (Lipinski definition) is 1. The quantitative estimate of drug-likeness (QED) is 0.918. The summed E-state index contributed by atoms with van der Waals surface area (Å²) in [7, 11) is 3.11. The Bertz CT molecular complexity index is 907. The molecule has 0 fully saturated rings. The van der Waals surface area contributed by atoms with E-state index in [2.05, 4.69) is 0 Å². The van der Waals surface area contributed by atoms with Crippen molar-refractivity contribution in [3.8, 4) is 11.5 Å². The summed E-state index contributed by atoms with van der Waals surface area (Å²) < 4.78 is 10.8. The van der Waals surface area contributed by atoms with E-state index in [0.29, 0.717) is 35.6 Å². The fraction of sp³-hybridized carbons (Fsp3) is 0.300. The van der Waals surface area contributed by atoms with E-state index in [0.717, 1.165) is 11.1 Å². The highest BCUT2D eigenvalue weighted by molar-refractivity contribution is 6.00. The van der Waals surface area contributed by atoms with E-state index >= 15 is 0 Å². The van der Waals surface area contributed by atoms with Crippen molar-refractivity contribution in [1.29, 1.82) is 0 Å². The van der Waals surface area contributed by atoms with Gasteiger partial charge in [-0.25, -0.2) is 0 Å². The van der Waals surface area contributed by atoms with Crippen molar-refractivity contribution in [2.75, 3.05) is 20.8 Å². The van der Waals surface area contributed by atoms with E-state index in [4.69, 9.17) is 9.47 Å². The summed E-state index contributed by atoms with van der Waals surface area (Å²) in [6, 6.07) is 10.1. The predicted molar refractivity (Wildman–Crippen MR) is 93.8 cm³/mol. The first-order valence-electron chi connectivity index (χ1n) is 8.44. The van der Waals surface area contributed by atoms with Gasteiger partial charge in [0.05, 0.1) is 20.3 Å². The number of carbonyl (C=O) groups is 2. The minimum atomic E-state index is -0.942. The van der Waals surface area contributed by atoms with Crippen molar-refractivity contribution < 1.29 is 24.2 Å². The second-order valence-corrected chi connectivity index (χ2v) is 6.50. The molecule has 2 aliphatic rings. The Kier molecular flexibility index (Phi) is 3.83. The van der Waals surface area contributed by atoms with Gasteiger partial charge in [0.2, 0.25) is 0 Å². The number of ether oxygens (including phenoxy) is 2. The van der Waals surface area contributed by atoms with Crippen LogP contribution in [0.1, 0.15) is 39.0 Å². The Morgan fingerprint density at radius 3 is 2.50 bits per heavy atom. The van der Waals surface area contributed by atoms with E-state index in [1.807, 2.05) is 12.1 Å². The number of benzene rings is 2. The normalized spacial score (nSPS) is 20.7. The summed E-state index contributed by atoms with van der Waals surface area (Å²) in [5.74, 6) is -0.746. The number of fused-ring (bicyclic) bond motifs is 4. The Hall–Kier alpha value is -3.02. The van der Waals surface area contributed by atoms with Crippen LogP contribution in [0.15, 0.2) is 36.4 Å². The molecule has 4 rings (SSSR count). The van der Waals surface area contributed by atoms with Crippen molar-refractivity contribution in [3.63, 3.8) is 0 Å². The van der Waals surface area contributed by atoms with Crippen LogP contribution in [0.3, 0.4) is 0 Å². The van der Waals surface area contributed by atoms with Crippen LogP contribution in [0, 0.1) is 0 Å². The predicted octanol–water partition coefficient (Wildman–Crippen LogP) is 2.63. The number of rotatable bonds is 3. The molecule has 0 unspecified atom stereocenters. The zero-order valence-corrected chi connectivity index (χ0v) is 14.6. The zero-order chi connectivity index (χ0) is 18.4. The van der Waals surface area contributed by atoms with Crippen molar-refractivity contribution in [3.05, 3.63) is 58.7 Å². The average molecular weight is 353 g/mol. The van der Waals surface area contributed by atoms with Crippen molar-refractivity contribution >= 4 is 11.9 Å². The maximum absolute atomic E-state index is 13.0. The van der Waals surface area contributed by atoms with Gasteiger partial charge in [-0.2, -0.15) is 0 Å². The van der Waals surface area contributed by atoms with Gasteiger partial charge >= 0.3 is 5.97 Å². The fourth-order valence-corrected chi connectivity index (χ4v) is 4.12. The number of methoxy groups -OCH3 is 2. The van der Waals surface area contributed by atoms with Gasteiger partial charge in [-0.15, -0.1) is 0 Å². The highest BCUT2D eigenvalue weighted by Crippen LogP contribution is 2.48. The number of hydrogen-bond acceptors (Lipinski definition) is 4. The van der Waals surface area contributed by atoms with E-state index in [9.17, 15) is 14.7 Å². The minimum absolute atomic E-state index is 0.122. The van der Waals surface area contributed by atoms with Gasteiger partial charge in [0.15, 0.2) is 11.5 Å². The molecule has 0 saturated carbocycles. The summed E-state index contributed by atoms with van der Waals surface area (Å²) in [5.41, 5.74) is 2.83. The van der Waals surface area contributed by atoms with Crippen LogP contribution in [0.2, 0.25) is 0 Å². The maximum atomic E-state index is 13.0. The molecule has 2 atom stereocenters. The number of carbonyl (C=O) groups excluding carboxylic acids is 1. The largest absolute Gasteiger partial charge is 0.493 e. The Balaban J connectivity index is 1.94. The molecule has 6 heteroatoms. The molecule has 0 saturated heterocycles. The lowest BCUT2D eigenvalue weighted by Gasteiger charge is -2.44. The summed E-state index contributed by atoms with van der Waals surface area (Å²) in [6.07, 6.45) is 0.645. The monoisotopic (exact) mass is 353 g/mol. The molecule has 0 aromatic heterocycles. The van der Waals surface area contributed by atoms with Gasteiger partial charge < -0.3 is 19.5 Å². The van der Waals surface area contributed by atoms with Gasteiger partial charge in [0.1, 0.15) is 5.92 Å². The number of carboxylic acid groups (broad SMARTS) is 1. The molecule has 1 amide bonds. The van der Waals surface area contributed by atoms with Crippen LogP contribution in [0.25, 0.3) is 0 Å². The minimum Gasteiger partial charge on any atom is -0.493 e. The molecule has 0 radical (unpaired) electrons. The Morgan fingerprint density at radius 1 is 1.12 bits per heavy atom. The number of nitrogens with zero attached hydrogens (tertiary/aromatic N) is 1. The molecular formula is C20H19NO5. The van der Waals surface area contributed by atoms with Gasteiger partial charge in [-0.3, -0.25) is 9.59 Å². The molecule has 0 spiro atoms. The first-order valence-corrected chi connectivity index (χ1v) is 8.44. The second-order valence-electron chi connectivity index (χ2n) is 6.50. The Morgan fingerprint density at radius 2 is 1.81 bits per heavy atom. The molecule has 2 aliphatic heterocycles. The van der Waals surface area contributed by atoms with E-state index in [1.54, 1.807) is 43.4 Å². The van der Waals surface area contributed by atoms with Crippen molar-refractivity contribution in [2.24, 2.45) is 0 Å². The van der Waals surface area contributed by atoms with Crippen LogP contribution < -0.4 is 9.47 Å². The fourth-order valence-electron chi connectivity index (χ4n) is 4.12. The zero-order valence-electron chi connectivity index (χ0n) is 14.6. The molecule has 0 aliphatic carbocycles. The van der Waals surface area contributed by atoms with Gasteiger partial charge in [-0.1, -0.05) is 18.2 Å². The molecule has 6 nitrogen and oxygen atoms in total. The highest BCUT2D eigenvalue weighted by atomic mass is 16.5. The molecule has 134 valence electrons. The summed E-state index contributed by atoms with van der Waals surface area (Å²) in [5, 5.41) is 9.97. The van der Waals surface area contributed by atoms with Gasteiger partial charge in [-0.05, 0) is 41.3 Å². The second kappa shape index (κ2) is 6.05. The van der Waals surface area contributed by atoms with Crippen molar-refractivity contribution in [2.45, 2.75) is 18.4 Å². The molecule has 2 aromatic rings. The third kappa shape index (κ3) is 2.25. The van der Waals surface area contributed by atoms with E-state index in [-0.39, 0.29) is 5.91 Å². The summed E-state index contributed by atoms with van der Waals surface area (Å²) in [4.78, 5) is 26.8. The van der Waals surface area contributed by atoms with Gasteiger partial charge in [0.25, 0.3) is 5.91 Å². The standard InChI is InChI=1S/C20H19NO5/c1-25-15-9-11-7-8-21-18(14(11)10-16(15)26-2)17(20(23)24)12-5-3-4-6-13(12)19(21)22/h3-6,9-10,17-18H,7-8H2,1-2H3,(H,23,24)/t17-,18+/m0/s1. The molecule has 2 aromatic carbocycles. The smallest absolute Gasteiger partial charge is 0.313 e. The van der Waals surface area contributed by atoms with Crippen LogP contribution in [0.4, 0.5) is 0 Å². The maximum Gasteiger partial charge on any atom is 0.313 e. The SMILES string of the molecule is COc1cc2c(cc1OC)[C@@H]1[C@@H](C(=O)O)c3ccccc3C(=O)N1CC2. The molecule has 2 heterocycles. The summed E-state index contributed by atoms with van der Waals surface area (Å²) >= 11 is 0. The lowest BCUT2D eigenvalue weighted by Crippen LogP contribution is -2.48. The van der Waals surface area contributed by atoms with E-state index in [1.165, 1.54) is 0 Å². The topological polar surface area (TPSA) is 76.1 Å². The summed E-state index contributed by atoms with van der Waals surface area (Å²) in [6.45, 7) is 0.476. The third-order valence-electron chi connectivity index (χ3n) is 5.29. The number of amides is 1. The average Bonchev–Trinajstić information content (AvgIpc) is 2.66. The molecule has 1 N–H and O–H groups in total. The number of aliphatic carboxylic acids is 1. The van der Waals surface area contributed by atoms with E-state index < -0.39 is 17.9 Å². The Labute approximate surface area is 151 Å². The highest BCUT2D eigenvalue weighted by Gasteiger charge is 2.46. The third-order valence-corrected chi connectivity index (χ3v) is 5.29. The van der Waals surface area contributed by atoms with Crippen LogP contribution in [-0.4, -0.2) is 42.6 Å². The van der Waals surface area contributed by atoms with Crippen LogP contribution in [-0.2, 0) is 11.2 Å². The first kappa shape index (κ1) is 16.4. The lowest BCUT2D eigenvalue weighted by atomic mass is 9.76. The van der Waals surface area contributed by atoms with Crippen LogP contribution in [0.5, 0.6) is 11.5 Å².